The SMILES string of the molecule is O=C(O)c1cc(-c2ccc(F)cc2)nn1-c1cccc([N+](=O)[O-])c1. The number of aromatic nitrogens is 2. The van der Waals surface area contributed by atoms with Crippen LogP contribution >= 0.6 is 0 Å². The maximum absolute atomic E-state index is 13.0. The third-order valence-electron chi connectivity index (χ3n) is 3.35. The van der Waals surface area contributed by atoms with Gasteiger partial charge in [0.05, 0.1) is 16.3 Å². The predicted octanol–water partition coefficient (Wildman–Crippen LogP) is 3.28. The summed E-state index contributed by atoms with van der Waals surface area (Å²) in [7, 11) is 0. The maximum Gasteiger partial charge on any atom is 0.354 e. The van der Waals surface area contributed by atoms with Crippen molar-refractivity contribution >= 4 is 11.7 Å². The van der Waals surface area contributed by atoms with Crippen molar-refractivity contribution in [3.8, 4) is 16.9 Å². The minimum atomic E-state index is -1.23. The molecular formula is C16H10FN3O4. The number of carbonyl (C=O) groups is 1. The van der Waals surface area contributed by atoms with Gasteiger partial charge < -0.3 is 5.11 Å². The van der Waals surface area contributed by atoms with Gasteiger partial charge in [-0.3, -0.25) is 10.1 Å². The van der Waals surface area contributed by atoms with Crippen LogP contribution in [0.5, 0.6) is 0 Å². The lowest BCUT2D eigenvalue weighted by atomic mass is 10.1. The van der Waals surface area contributed by atoms with Crippen LogP contribution < -0.4 is 0 Å². The largest absolute Gasteiger partial charge is 0.477 e. The highest BCUT2D eigenvalue weighted by molar-refractivity contribution is 5.88. The number of rotatable bonds is 4. The summed E-state index contributed by atoms with van der Waals surface area (Å²) in [6.07, 6.45) is 0. The van der Waals surface area contributed by atoms with Crippen LogP contribution in [0.2, 0.25) is 0 Å². The molecule has 0 atom stereocenters. The zero-order valence-electron chi connectivity index (χ0n) is 12.1. The van der Waals surface area contributed by atoms with Gasteiger partial charge in [0.15, 0.2) is 5.69 Å². The summed E-state index contributed by atoms with van der Waals surface area (Å²) in [6.45, 7) is 0. The molecule has 0 amide bonds. The molecule has 2 aromatic carbocycles. The number of nitro benzene ring substituents is 1. The molecule has 0 spiro atoms. The molecule has 0 aliphatic rings. The van der Waals surface area contributed by atoms with Crippen molar-refractivity contribution < 1.29 is 19.2 Å². The highest BCUT2D eigenvalue weighted by atomic mass is 19.1. The third-order valence-corrected chi connectivity index (χ3v) is 3.35. The molecule has 7 nitrogen and oxygen atoms in total. The molecule has 0 saturated carbocycles. The van der Waals surface area contributed by atoms with Crippen LogP contribution in [0, 0.1) is 15.9 Å². The summed E-state index contributed by atoms with van der Waals surface area (Å²) in [4.78, 5) is 21.8. The number of benzene rings is 2. The first kappa shape index (κ1) is 15.3. The van der Waals surface area contributed by atoms with Crippen molar-refractivity contribution in [2.75, 3.05) is 0 Å². The van der Waals surface area contributed by atoms with E-state index in [0.29, 0.717) is 11.3 Å². The fourth-order valence-electron chi connectivity index (χ4n) is 2.23. The zero-order valence-corrected chi connectivity index (χ0v) is 12.1. The minimum absolute atomic E-state index is 0.158. The van der Waals surface area contributed by atoms with E-state index in [1.165, 1.54) is 54.6 Å². The van der Waals surface area contributed by atoms with Gasteiger partial charge in [-0.25, -0.2) is 13.9 Å². The average Bonchev–Trinajstić information content (AvgIpc) is 3.01. The molecule has 0 unspecified atom stereocenters. The summed E-state index contributed by atoms with van der Waals surface area (Å²) >= 11 is 0. The first-order valence-corrected chi connectivity index (χ1v) is 6.80. The van der Waals surface area contributed by atoms with Crippen LogP contribution in [-0.4, -0.2) is 25.8 Å². The van der Waals surface area contributed by atoms with E-state index in [0.717, 1.165) is 4.68 Å². The van der Waals surface area contributed by atoms with Crippen molar-refractivity contribution in [2.45, 2.75) is 0 Å². The van der Waals surface area contributed by atoms with Crippen molar-refractivity contribution in [3.63, 3.8) is 0 Å². The monoisotopic (exact) mass is 327 g/mol. The Bertz CT molecular complexity index is 935. The maximum atomic E-state index is 13.0. The van der Waals surface area contributed by atoms with E-state index in [4.69, 9.17) is 0 Å². The molecule has 3 rings (SSSR count). The predicted molar refractivity (Wildman–Crippen MR) is 82.6 cm³/mol. The van der Waals surface area contributed by atoms with E-state index in [2.05, 4.69) is 5.10 Å². The molecule has 0 bridgehead atoms. The molecule has 1 N–H and O–H groups in total. The number of carboxylic acid groups (broad SMARTS) is 1. The molecule has 24 heavy (non-hydrogen) atoms. The minimum Gasteiger partial charge on any atom is -0.477 e. The van der Waals surface area contributed by atoms with Gasteiger partial charge in [0.25, 0.3) is 5.69 Å². The Balaban J connectivity index is 2.13. The van der Waals surface area contributed by atoms with E-state index >= 15 is 0 Å². The van der Waals surface area contributed by atoms with Gasteiger partial charge in [-0.1, -0.05) is 6.07 Å². The molecule has 1 heterocycles. The van der Waals surface area contributed by atoms with E-state index in [1.54, 1.807) is 0 Å². The standard InChI is InChI=1S/C16H10FN3O4/c17-11-6-4-10(5-7-11)14-9-15(16(21)22)19(18-14)12-2-1-3-13(8-12)20(23)24/h1-9H,(H,21,22). The summed E-state index contributed by atoms with van der Waals surface area (Å²) < 4.78 is 14.1. The first-order valence-electron chi connectivity index (χ1n) is 6.80. The number of hydrogen-bond donors (Lipinski definition) is 1. The second kappa shape index (κ2) is 5.92. The Morgan fingerprint density at radius 2 is 1.88 bits per heavy atom. The molecule has 0 radical (unpaired) electrons. The van der Waals surface area contributed by atoms with Crippen LogP contribution in [0.3, 0.4) is 0 Å². The third kappa shape index (κ3) is 2.84. The lowest BCUT2D eigenvalue weighted by Crippen LogP contribution is -2.08. The van der Waals surface area contributed by atoms with Crippen LogP contribution in [0.1, 0.15) is 10.5 Å². The van der Waals surface area contributed by atoms with E-state index in [-0.39, 0.29) is 17.1 Å². The average molecular weight is 327 g/mol. The fraction of sp³-hybridized carbons (Fsp3) is 0. The van der Waals surface area contributed by atoms with Gasteiger partial charge in [0.1, 0.15) is 5.82 Å². The summed E-state index contributed by atoms with van der Waals surface area (Å²) in [5.41, 5.74) is 0.759. The van der Waals surface area contributed by atoms with Gasteiger partial charge in [-0.15, -0.1) is 0 Å². The highest BCUT2D eigenvalue weighted by Crippen LogP contribution is 2.24. The molecule has 3 aromatic rings. The number of nitrogens with zero attached hydrogens (tertiary/aromatic N) is 3. The van der Waals surface area contributed by atoms with Gasteiger partial charge in [0.2, 0.25) is 0 Å². The number of aromatic carboxylic acids is 1. The highest BCUT2D eigenvalue weighted by Gasteiger charge is 2.18. The molecule has 8 heteroatoms. The van der Waals surface area contributed by atoms with E-state index in [9.17, 15) is 24.4 Å². The smallest absolute Gasteiger partial charge is 0.354 e. The van der Waals surface area contributed by atoms with Crippen molar-refractivity contribution in [1.29, 1.82) is 0 Å². The summed E-state index contributed by atoms with van der Waals surface area (Å²) in [6, 6.07) is 12.2. The van der Waals surface area contributed by atoms with E-state index in [1.807, 2.05) is 0 Å². The molecular weight excluding hydrogens is 317 g/mol. The van der Waals surface area contributed by atoms with Crippen LogP contribution in [0.4, 0.5) is 10.1 Å². The van der Waals surface area contributed by atoms with E-state index < -0.39 is 16.7 Å². The van der Waals surface area contributed by atoms with Crippen LogP contribution in [0.25, 0.3) is 16.9 Å². The number of hydrogen-bond acceptors (Lipinski definition) is 4. The van der Waals surface area contributed by atoms with Crippen LogP contribution in [-0.2, 0) is 0 Å². The fourth-order valence-corrected chi connectivity index (χ4v) is 2.23. The molecule has 0 aliphatic carbocycles. The van der Waals surface area contributed by atoms with Crippen molar-refractivity contribution in [3.05, 3.63) is 76.2 Å². The number of nitro groups is 1. The Morgan fingerprint density at radius 3 is 2.50 bits per heavy atom. The second-order valence-electron chi connectivity index (χ2n) is 4.92. The summed E-state index contributed by atoms with van der Waals surface area (Å²) in [5, 5.41) is 24.4. The topological polar surface area (TPSA) is 98.3 Å². The lowest BCUT2D eigenvalue weighted by Gasteiger charge is -2.04. The molecule has 0 fully saturated rings. The Labute approximate surface area is 134 Å². The number of halogens is 1. The first-order chi connectivity index (χ1) is 11.5. The van der Waals surface area contributed by atoms with Gasteiger partial charge in [0, 0.05) is 17.7 Å². The van der Waals surface area contributed by atoms with Gasteiger partial charge >= 0.3 is 5.97 Å². The lowest BCUT2D eigenvalue weighted by molar-refractivity contribution is -0.384. The number of carboxylic acids is 1. The Morgan fingerprint density at radius 1 is 1.17 bits per heavy atom. The quantitative estimate of drug-likeness (QED) is 0.585. The second-order valence-corrected chi connectivity index (χ2v) is 4.92. The Kier molecular flexibility index (Phi) is 3.78. The van der Waals surface area contributed by atoms with Crippen molar-refractivity contribution in [1.82, 2.24) is 9.78 Å². The molecule has 1 aromatic heterocycles. The normalized spacial score (nSPS) is 10.5. The van der Waals surface area contributed by atoms with Gasteiger partial charge in [-0.05, 0) is 36.4 Å². The van der Waals surface area contributed by atoms with Gasteiger partial charge in [-0.2, -0.15) is 5.10 Å². The molecule has 120 valence electrons. The van der Waals surface area contributed by atoms with Crippen LogP contribution in [0.15, 0.2) is 54.6 Å². The van der Waals surface area contributed by atoms with Crippen molar-refractivity contribution in [2.24, 2.45) is 0 Å². The Hall–Kier alpha value is -3.55. The summed E-state index contributed by atoms with van der Waals surface area (Å²) in [5.74, 6) is -1.65. The molecule has 0 saturated heterocycles. The molecule has 0 aliphatic heterocycles. The number of non-ortho nitro benzene ring substituents is 1. The zero-order chi connectivity index (χ0) is 17.3.